The zero-order chi connectivity index (χ0) is 16.4. The molecule has 2 aromatic rings. The first-order chi connectivity index (χ1) is 10.2. The number of hydrogen-bond acceptors (Lipinski definition) is 4. The van der Waals surface area contributed by atoms with E-state index < -0.39 is 30.7 Å². The van der Waals surface area contributed by atoms with Crippen LogP contribution in [0.1, 0.15) is 11.1 Å². The first kappa shape index (κ1) is 16.6. The smallest absolute Gasteiger partial charge is 0.280 e. The topological polar surface area (TPSA) is 109 Å². The van der Waals surface area contributed by atoms with Gasteiger partial charge in [-0.1, -0.05) is 60.7 Å². The van der Waals surface area contributed by atoms with Crippen LogP contribution in [0.3, 0.4) is 0 Å². The highest BCUT2D eigenvalue weighted by Crippen LogP contribution is 2.38. The van der Waals surface area contributed by atoms with Crippen molar-refractivity contribution in [2.24, 2.45) is 0 Å². The van der Waals surface area contributed by atoms with E-state index >= 15 is 0 Å². The second-order valence-electron chi connectivity index (χ2n) is 4.76. The van der Waals surface area contributed by atoms with Crippen LogP contribution < -0.4 is 0 Å². The van der Waals surface area contributed by atoms with Crippen molar-refractivity contribution >= 4 is 20.2 Å². The van der Waals surface area contributed by atoms with Gasteiger partial charge in [0.25, 0.3) is 20.2 Å². The summed E-state index contributed by atoms with van der Waals surface area (Å²) in [6.07, 6.45) is 0. The van der Waals surface area contributed by atoms with Crippen molar-refractivity contribution in [2.45, 2.75) is 4.75 Å². The van der Waals surface area contributed by atoms with Crippen LogP contribution in [-0.2, 0) is 25.0 Å². The van der Waals surface area contributed by atoms with Crippen molar-refractivity contribution in [2.75, 3.05) is 5.75 Å². The highest BCUT2D eigenvalue weighted by Gasteiger charge is 2.49. The molecule has 2 aromatic carbocycles. The van der Waals surface area contributed by atoms with E-state index in [1.165, 1.54) is 48.5 Å². The van der Waals surface area contributed by atoms with Gasteiger partial charge in [-0.15, -0.1) is 0 Å². The van der Waals surface area contributed by atoms with Crippen LogP contribution in [0.5, 0.6) is 0 Å². The Labute approximate surface area is 128 Å². The molecule has 6 nitrogen and oxygen atoms in total. The highest BCUT2D eigenvalue weighted by molar-refractivity contribution is 7.90. The van der Waals surface area contributed by atoms with Gasteiger partial charge in [-0.3, -0.25) is 9.11 Å². The molecular weight excluding hydrogens is 328 g/mol. The molecule has 0 radical (unpaired) electrons. The zero-order valence-corrected chi connectivity index (χ0v) is 13.0. The van der Waals surface area contributed by atoms with E-state index in [4.69, 9.17) is 0 Å². The lowest BCUT2D eigenvalue weighted by molar-refractivity contribution is 0.439. The van der Waals surface area contributed by atoms with Crippen molar-refractivity contribution in [3.63, 3.8) is 0 Å². The molecule has 0 aromatic heterocycles. The first-order valence-electron chi connectivity index (χ1n) is 6.20. The van der Waals surface area contributed by atoms with Gasteiger partial charge in [0.1, 0.15) is 5.75 Å². The highest BCUT2D eigenvalue weighted by atomic mass is 32.2. The molecule has 0 heterocycles. The van der Waals surface area contributed by atoms with Crippen molar-refractivity contribution in [1.82, 2.24) is 0 Å². The average molecular weight is 342 g/mol. The van der Waals surface area contributed by atoms with Gasteiger partial charge in [-0.2, -0.15) is 16.8 Å². The van der Waals surface area contributed by atoms with Gasteiger partial charge in [0.15, 0.2) is 4.75 Å². The maximum absolute atomic E-state index is 12.1. The van der Waals surface area contributed by atoms with Gasteiger partial charge < -0.3 is 0 Å². The van der Waals surface area contributed by atoms with Crippen LogP contribution in [0.2, 0.25) is 0 Å². The van der Waals surface area contributed by atoms with Crippen molar-refractivity contribution in [1.29, 1.82) is 0 Å². The Morgan fingerprint density at radius 1 is 0.727 bits per heavy atom. The third-order valence-corrected chi connectivity index (χ3v) is 5.78. The normalized spacial score (nSPS) is 13.0. The summed E-state index contributed by atoms with van der Waals surface area (Å²) in [7, 11) is -9.61. The molecule has 0 spiro atoms. The van der Waals surface area contributed by atoms with Gasteiger partial charge in [-0.05, 0) is 11.1 Å². The van der Waals surface area contributed by atoms with Crippen LogP contribution in [0.15, 0.2) is 60.7 Å². The summed E-state index contributed by atoms with van der Waals surface area (Å²) in [6, 6.07) is 14.8. The van der Waals surface area contributed by atoms with Crippen LogP contribution >= 0.6 is 0 Å². The molecule has 0 atom stereocenters. The Morgan fingerprint density at radius 3 is 1.36 bits per heavy atom. The molecule has 2 rings (SSSR count). The summed E-state index contributed by atoms with van der Waals surface area (Å²) in [5.74, 6) is -1.19. The lowest BCUT2D eigenvalue weighted by Gasteiger charge is -2.30. The molecule has 2 N–H and O–H groups in total. The molecule has 0 fully saturated rings. The van der Waals surface area contributed by atoms with Gasteiger partial charge in [0.2, 0.25) is 0 Å². The monoisotopic (exact) mass is 342 g/mol. The minimum Gasteiger partial charge on any atom is -0.285 e. The number of rotatable bonds is 5. The Balaban J connectivity index is 2.88. The predicted octanol–water partition coefficient (Wildman–Crippen LogP) is 1.71. The fraction of sp³-hybridized carbons (Fsp3) is 0.143. The van der Waals surface area contributed by atoms with E-state index in [2.05, 4.69) is 0 Å². The predicted molar refractivity (Wildman–Crippen MR) is 81.6 cm³/mol. The van der Waals surface area contributed by atoms with E-state index in [-0.39, 0.29) is 11.1 Å². The van der Waals surface area contributed by atoms with Crippen LogP contribution in [0.25, 0.3) is 0 Å². The zero-order valence-electron chi connectivity index (χ0n) is 11.3. The summed E-state index contributed by atoms with van der Waals surface area (Å²) < 4.78 is 63.8. The maximum atomic E-state index is 12.1. The SMILES string of the molecule is O=S(=O)(O)CC(c1ccccc1)(c1ccccc1)S(=O)(=O)O. The molecule has 0 aliphatic heterocycles. The standard InChI is InChI=1S/C14H14O6S2/c15-21(16,17)11-14(22(18,19)20,12-7-3-1-4-8-12)13-9-5-2-6-10-13/h1-10H,11H2,(H,15,16,17)(H,18,19,20). The molecule has 0 unspecified atom stereocenters. The fourth-order valence-electron chi connectivity index (χ4n) is 2.38. The second kappa shape index (κ2) is 5.81. The Bertz CT molecular complexity index is 803. The molecule has 0 amide bonds. The van der Waals surface area contributed by atoms with Gasteiger partial charge in [0.05, 0.1) is 0 Å². The third-order valence-electron chi connectivity index (χ3n) is 3.31. The Kier molecular flexibility index (Phi) is 4.39. The van der Waals surface area contributed by atoms with Crippen molar-refractivity contribution in [3.8, 4) is 0 Å². The minimum absolute atomic E-state index is 0.0429. The fourth-order valence-corrected chi connectivity index (χ4v) is 5.13. The summed E-state index contributed by atoms with van der Waals surface area (Å²) in [5, 5.41) is 0. The molecule has 0 saturated heterocycles. The molecule has 0 aliphatic carbocycles. The molecule has 0 saturated carbocycles. The van der Waals surface area contributed by atoms with Crippen LogP contribution in [0.4, 0.5) is 0 Å². The maximum Gasteiger partial charge on any atom is 0.280 e. The first-order valence-corrected chi connectivity index (χ1v) is 9.25. The summed E-state index contributed by atoms with van der Waals surface area (Å²) >= 11 is 0. The molecule has 22 heavy (non-hydrogen) atoms. The quantitative estimate of drug-likeness (QED) is 0.801. The molecule has 118 valence electrons. The van der Waals surface area contributed by atoms with Crippen LogP contribution in [-0.4, -0.2) is 31.7 Å². The number of benzene rings is 2. The van der Waals surface area contributed by atoms with Crippen molar-refractivity contribution < 1.29 is 25.9 Å². The average Bonchev–Trinajstić information content (AvgIpc) is 2.44. The lowest BCUT2D eigenvalue weighted by Crippen LogP contribution is -2.43. The van der Waals surface area contributed by atoms with E-state index in [0.29, 0.717) is 0 Å². The lowest BCUT2D eigenvalue weighted by atomic mass is 9.92. The molecular formula is C14H14O6S2. The molecule has 0 aliphatic rings. The van der Waals surface area contributed by atoms with Gasteiger partial charge >= 0.3 is 0 Å². The summed E-state index contributed by atoms with van der Waals surface area (Å²) in [4.78, 5) is 0. The third kappa shape index (κ3) is 3.20. The van der Waals surface area contributed by atoms with E-state index in [1.807, 2.05) is 0 Å². The van der Waals surface area contributed by atoms with Crippen molar-refractivity contribution in [3.05, 3.63) is 71.8 Å². The molecule has 0 bridgehead atoms. The van der Waals surface area contributed by atoms with E-state index in [1.54, 1.807) is 12.1 Å². The number of hydrogen-bond donors (Lipinski definition) is 2. The van der Waals surface area contributed by atoms with Gasteiger partial charge in [0, 0.05) is 0 Å². The van der Waals surface area contributed by atoms with E-state index in [0.717, 1.165) is 0 Å². The van der Waals surface area contributed by atoms with Crippen LogP contribution in [0, 0.1) is 0 Å². The Hall–Kier alpha value is -1.74. The van der Waals surface area contributed by atoms with E-state index in [9.17, 15) is 25.9 Å². The Morgan fingerprint density at radius 2 is 1.09 bits per heavy atom. The second-order valence-corrected chi connectivity index (χ2v) is 7.86. The summed E-state index contributed by atoms with van der Waals surface area (Å²) in [6.45, 7) is 0. The minimum atomic E-state index is -4.90. The molecule has 8 heteroatoms. The summed E-state index contributed by atoms with van der Waals surface area (Å²) in [5.41, 5.74) is 0.0858. The van der Waals surface area contributed by atoms with Gasteiger partial charge in [-0.25, -0.2) is 0 Å². The largest absolute Gasteiger partial charge is 0.285 e.